The zero-order valence-electron chi connectivity index (χ0n) is 7.64. The number of nitrogens with one attached hydrogen (secondary N) is 1. The molecule has 14 heavy (non-hydrogen) atoms. The number of hydrogen-bond donors (Lipinski definition) is 2. The van der Waals surface area contributed by atoms with Crippen LogP contribution in [0.3, 0.4) is 0 Å². The van der Waals surface area contributed by atoms with Gasteiger partial charge < -0.3 is 14.8 Å². The maximum absolute atomic E-state index is 10.8. The molecule has 0 radical (unpaired) electrons. The second-order valence-electron chi connectivity index (χ2n) is 3.47. The fraction of sp³-hybridized carbons (Fsp3) is 0.556. The van der Waals surface area contributed by atoms with Crippen LogP contribution in [0.25, 0.3) is 0 Å². The number of hydrogen-bond acceptors (Lipinski definition) is 4. The molecule has 1 saturated heterocycles. The molecule has 2 unspecified atom stereocenters. The maximum Gasteiger partial charge on any atom is 0.306 e. The molecule has 0 aliphatic carbocycles. The Morgan fingerprint density at radius 1 is 1.71 bits per heavy atom. The molecule has 1 aromatic heterocycles. The van der Waals surface area contributed by atoms with Crippen molar-refractivity contribution in [2.45, 2.75) is 18.9 Å². The van der Waals surface area contributed by atoms with Crippen molar-refractivity contribution in [3.63, 3.8) is 0 Å². The fourth-order valence-corrected chi connectivity index (χ4v) is 1.76. The largest absolute Gasteiger partial charge is 0.481 e. The first-order valence-corrected chi connectivity index (χ1v) is 4.62. The van der Waals surface area contributed by atoms with Crippen molar-refractivity contribution in [1.29, 1.82) is 0 Å². The average Bonchev–Trinajstić information content (AvgIpc) is 2.71. The molecule has 76 valence electrons. The number of aliphatic carboxylic acids is 1. The van der Waals surface area contributed by atoms with E-state index in [0.29, 0.717) is 19.4 Å². The van der Waals surface area contributed by atoms with Crippen LogP contribution in [0.2, 0.25) is 0 Å². The molecule has 1 fully saturated rings. The summed E-state index contributed by atoms with van der Waals surface area (Å²) in [5.41, 5.74) is 0. The van der Waals surface area contributed by atoms with E-state index >= 15 is 0 Å². The first-order valence-electron chi connectivity index (χ1n) is 4.62. The van der Waals surface area contributed by atoms with Crippen molar-refractivity contribution >= 4 is 5.97 Å². The maximum atomic E-state index is 10.8. The van der Waals surface area contributed by atoms with E-state index in [1.165, 1.54) is 6.39 Å². The van der Waals surface area contributed by atoms with Crippen LogP contribution in [-0.2, 0) is 4.79 Å². The number of nitrogens with zero attached hydrogens (tertiary/aromatic N) is 1. The highest BCUT2D eigenvalue weighted by Crippen LogP contribution is 2.26. The molecule has 0 saturated carbocycles. The van der Waals surface area contributed by atoms with E-state index in [1.54, 1.807) is 6.20 Å². The summed E-state index contributed by atoms with van der Waals surface area (Å²) < 4.78 is 5.13. The van der Waals surface area contributed by atoms with Gasteiger partial charge in [-0.15, -0.1) is 0 Å². The number of rotatable bonds is 2. The third-order valence-electron chi connectivity index (χ3n) is 2.55. The predicted molar refractivity (Wildman–Crippen MR) is 47.6 cm³/mol. The molecule has 1 aliphatic rings. The molecule has 1 aliphatic heterocycles. The summed E-state index contributed by atoms with van der Waals surface area (Å²) in [5.74, 6) is -0.279. The molecule has 0 amide bonds. The van der Waals surface area contributed by atoms with Crippen LogP contribution in [0.5, 0.6) is 0 Å². The normalized spacial score (nSPS) is 27.4. The second-order valence-corrected chi connectivity index (χ2v) is 3.47. The molecule has 2 N–H and O–H groups in total. The van der Waals surface area contributed by atoms with Gasteiger partial charge in [0.15, 0.2) is 6.39 Å². The Labute approximate surface area is 81.1 Å². The second kappa shape index (κ2) is 3.79. The number of carboxylic acids is 1. The number of carboxylic acid groups (broad SMARTS) is 1. The summed E-state index contributed by atoms with van der Waals surface area (Å²) in [7, 11) is 0. The van der Waals surface area contributed by atoms with Gasteiger partial charge in [0.2, 0.25) is 0 Å². The third-order valence-corrected chi connectivity index (χ3v) is 2.55. The monoisotopic (exact) mass is 196 g/mol. The average molecular weight is 196 g/mol. The Balaban J connectivity index is 2.04. The lowest BCUT2D eigenvalue weighted by molar-refractivity contribution is -0.143. The Kier molecular flexibility index (Phi) is 2.49. The Bertz CT molecular complexity index is 310. The lowest BCUT2D eigenvalue weighted by Crippen LogP contribution is -2.34. The standard InChI is InChI=1S/C9H12N2O3/c12-9(13)6-1-2-11-7(3-6)8-4-10-5-14-8/h4-7,11H,1-3H2,(H,12,13). The van der Waals surface area contributed by atoms with Gasteiger partial charge >= 0.3 is 5.97 Å². The Morgan fingerprint density at radius 2 is 2.57 bits per heavy atom. The summed E-state index contributed by atoms with van der Waals surface area (Å²) in [6.07, 6.45) is 4.24. The van der Waals surface area contributed by atoms with Gasteiger partial charge in [0, 0.05) is 0 Å². The van der Waals surface area contributed by atoms with E-state index in [-0.39, 0.29) is 12.0 Å². The van der Waals surface area contributed by atoms with Gasteiger partial charge in [-0.3, -0.25) is 4.79 Å². The van der Waals surface area contributed by atoms with Gasteiger partial charge in [0.25, 0.3) is 0 Å². The van der Waals surface area contributed by atoms with Crippen molar-refractivity contribution in [3.8, 4) is 0 Å². The van der Waals surface area contributed by atoms with Gasteiger partial charge in [-0.25, -0.2) is 4.98 Å². The highest BCUT2D eigenvalue weighted by atomic mass is 16.4. The summed E-state index contributed by atoms with van der Waals surface area (Å²) in [6, 6.07) is -0.00708. The van der Waals surface area contributed by atoms with Crippen molar-refractivity contribution in [2.24, 2.45) is 5.92 Å². The summed E-state index contributed by atoms with van der Waals surface area (Å²) in [6.45, 7) is 0.711. The van der Waals surface area contributed by atoms with E-state index in [0.717, 1.165) is 5.76 Å². The number of oxazole rings is 1. The number of piperidine rings is 1. The molecule has 1 aromatic rings. The van der Waals surface area contributed by atoms with E-state index in [1.807, 2.05) is 0 Å². The summed E-state index contributed by atoms with van der Waals surface area (Å²) in [4.78, 5) is 14.6. The van der Waals surface area contributed by atoms with Gasteiger partial charge in [-0.2, -0.15) is 0 Å². The van der Waals surface area contributed by atoms with Crippen molar-refractivity contribution in [2.75, 3.05) is 6.54 Å². The van der Waals surface area contributed by atoms with Crippen LogP contribution in [0.4, 0.5) is 0 Å². The third kappa shape index (κ3) is 1.77. The van der Waals surface area contributed by atoms with Crippen molar-refractivity contribution < 1.29 is 14.3 Å². The number of aromatic nitrogens is 1. The van der Waals surface area contributed by atoms with Crippen LogP contribution >= 0.6 is 0 Å². The molecule has 5 nitrogen and oxygen atoms in total. The van der Waals surface area contributed by atoms with Gasteiger partial charge in [0.1, 0.15) is 5.76 Å². The lowest BCUT2D eigenvalue weighted by atomic mass is 9.92. The summed E-state index contributed by atoms with van der Waals surface area (Å²) >= 11 is 0. The molecule has 2 rings (SSSR count). The molecule has 2 atom stereocenters. The predicted octanol–water partition coefficient (Wildman–Crippen LogP) is 0.800. The minimum atomic E-state index is -0.726. The van der Waals surface area contributed by atoms with E-state index in [9.17, 15) is 4.79 Å². The van der Waals surface area contributed by atoms with Crippen LogP contribution in [-0.4, -0.2) is 22.6 Å². The highest BCUT2D eigenvalue weighted by Gasteiger charge is 2.28. The quantitative estimate of drug-likeness (QED) is 0.731. The highest BCUT2D eigenvalue weighted by molar-refractivity contribution is 5.70. The Morgan fingerprint density at radius 3 is 3.21 bits per heavy atom. The van der Waals surface area contributed by atoms with Gasteiger partial charge in [-0.05, 0) is 19.4 Å². The van der Waals surface area contributed by atoms with Crippen LogP contribution in [0.15, 0.2) is 17.0 Å². The molecule has 0 spiro atoms. The van der Waals surface area contributed by atoms with Crippen molar-refractivity contribution in [1.82, 2.24) is 10.3 Å². The molecule has 2 heterocycles. The molecule has 0 aromatic carbocycles. The molecule has 0 bridgehead atoms. The van der Waals surface area contributed by atoms with Gasteiger partial charge in [0.05, 0.1) is 18.2 Å². The van der Waals surface area contributed by atoms with Gasteiger partial charge in [-0.1, -0.05) is 0 Å². The fourth-order valence-electron chi connectivity index (χ4n) is 1.76. The summed E-state index contributed by atoms with van der Waals surface area (Å²) in [5, 5.41) is 12.1. The van der Waals surface area contributed by atoms with E-state index < -0.39 is 5.97 Å². The Hall–Kier alpha value is -1.36. The first-order chi connectivity index (χ1) is 6.77. The minimum Gasteiger partial charge on any atom is -0.481 e. The van der Waals surface area contributed by atoms with Crippen LogP contribution in [0.1, 0.15) is 24.6 Å². The van der Waals surface area contributed by atoms with Crippen molar-refractivity contribution in [3.05, 3.63) is 18.4 Å². The number of carbonyl (C=O) groups is 1. The van der Waals surface area contributed by atoms with E-state index in [4.69, 9.17) is 9.52 Å². The molecule has 5 heteroatoms. The molecular formula is C9H12N2O3. The topological polar surface area (TPSA) is 75.4 Å². The SMILES string of the molecule is O=C(O)C1CCNC(c2cnco2)C1. The lowest BCUT2D eigenvalue weighted by Gasteiger charge is -2.26. The minimum absolute atomic E-state index is 0.00708. The van der Waals surface area contributed by atoms with E-state index in [2.05, 4.69) is 10.3 Å². The van der Waals surface area contributed by atoms with Crippen LogP contribution < -0.4 is 5.32 Å². The van der Waals surface area contributed by atoms with Crippen LogP contribution in [0, 0.1) is 5.92 Å². The smallest absolute Gasteiger partial charge is 0.306 e. The zero-order valence-corrected chi connectivity index (χ0v) is 7.64. The molecular weight excluding hydrogens is 184 g/mol. The first kappa shape index (κ1) is 9.21. The zero-order chi connectivity index (χ0) is 9.97.